The molecule has 0 fully saturated rings. The first-order valence-corrected chi connectivity index (χ1v) is 12.0. The first-order chi connectivity index (χ1) is 17.4. The zero-order chi connectivity index (χ0) is 25.7. The van der Waals surface area contributed by atoms with Gasteiger partial charge in [-0.1, -0.05) is 19.9 Å². The van der Waals surface area contributed by atoms with Crippen LogP contribution in [0, 0.1) is 0 Å². The van der Waals surface area contributed by atoms with E-state index >= 15 is 0 Å². The number of hydrogen-bond acceptors (Lipinski definition) is 6. The molecule has 0 saturated heterocycles. The van der Waals surface area contributed by atoms with Gasteiger partial charge in [-0.05, 0) is 68.4 Å². The number of pyridine rings is 2. The predicted octanol–water partition coefficient (Wildman–Crippen LogP) is 4.25. The first kappa shape index (κ1) is 25.0. The maximum atomic E-state index is 13.0. The lowest BCUT2D eigenvalue weighted by Gasteiger charge is -2.14. The Morgan fingerprint density at radius 3 is 2.47 bits per heavy atom. The van der Waals surface area contributed by atoms with Gasteiger partial charge in [-0.15, -0.1) is 0 Å². The maximum Gasteiger partial charge on any atom is 0.276 e. The molecule has 0 atom stereocenters. The fourth-order valence-electron chi connectivity index (χ4n) is 4.01. The van der Waals surface area contributed by atoms with Gasteiger partial charge in [0.25, 0.3) is 11.8 Å². The Morgan fingerprint density at radius 2 is 1.78 bits per heavy atom. The summed E-state index contributed by atoms with van der Waals surface area (Å²) in [4.78, 5) is 36.1. The van der Waals surface area contributed by atoms with Gasteiger partial charge in [0, 0.05) is 35.9 Å². The molecule has 0 aliphatic carbocycles. The molecule has 3 heterocycles. The Balaban J connectivity index is 1.52. The van der Waals surface area contributed by atoms with Crippen molar-refractivity contribution in [3.63, 3.8) is 0 Å². The van der Waals surface area contributed by atoms with Crippen LogP contribution >= 0.6 is 0 Å². The summed E-state index contributed by atoms with van der Waals surface area (Å²) < 4.78 is 0. The third-order valence-electron chi connectivity index (χ3n) is 5.98. The molecule has 9 heteroatoms. The Hall–Kier alpha value is -4.11. The van der Waals surface area contributed by atoms with Crippen LogP contribution in [0.1, 0.15) is 53.2 Å². The molecule has 0 aliphatic heterocycles. The summed E-state index contributed by atoms with van der Waals surface area (Å²) in [7, 11) is 4.03. The number of nitrogens with zero attached hydrogens (tertiary/aromatic N) is 4. The lowest BCUT2D eigenvalue weighted by molar-refractivity contribution is 0.0929. The fraction of sp³-hybridized carbons (Fsp3) is 0.296. The molecule has 0 spiro atoms. The van der Waals surface area contributed by atoms with Gasteiger partial charge in [0.15, 0.2) is 5.69 Å². The smallest absolute Gasteiger partial charge is 0.276 e. The minimum Gasteiger partial charge on any atom is -0.348 e. The number of rotatable bonds is 9. The Labute approximate surface area is 210 Å². The van der Waals surface area contributed by atoms with Crippen molar-refractivity contribution in [1.29, 1.82) is 0 Å². The number of benzene rings is 1. The molecular weight excluding hydrogens is 454 g/mol. The molecule has 186 valence electrons. The van der Waals surface area contributed by atoms with Crippen LogP contribution in [0.3, 0.4) is 0 Å². The zero-order valence-corrected chi connectivity index (χ0v) is 21.0. The Morgan fingerprint density at radius 1 is 0.972 bits per heavy atom. The van der Waals surface area contributed by atoms with Crippen molar-refractivity contribution < 1.29 is 9.59 Å². The van der Waals surface area contributed by atoms with Crippen LogP contribution < -0.4 is 10.6 Å². The summed E-state index contributed by atoms with van der Waals surface area (Å²) in [5, 5.41) is 13.6. The van der Waals surface area contributed by atoms with Gasteiger partial charge in [-0.3, -0.25) is 19.7 Å². The van der Waals surface area contributed by atoms with Crippen LogP contribution in [0.15, 0.2) is 55.0 Å². The highest BCUT2D eigenvalue weighted by Crippen LogP contribution is 2.26. The molecule has 36 heavy (non-hydrogen) atoms. The van der Waals surface area contributed by atoms with E-state index in [1.807, 2.05) is 58.5 Å². The molecule has 0 aliphatic rings. The predicted molar refractivity (Wildman–Crippen MR) is 141 cm³/mol. The Kier molecular flexibility index (Phi) is 7.70. The second-order valence-electron chi connectivity index (χ2n) is 9.03. The normalized spacial score (nSPS) is 11.3. The van der Waals surface area contributed by atoms with E-state index in [-0.39, 0.29) is 23.6 Å². The fourth-order valence-corrected chi connectivity index (χ4v) is 4.01. The number of aromatic nitrogens is 4. The molecule has 9 nitrogen and oxygen atoms in total. The number of hydrogen-bond donors (Lipinski definition) is 3. The van der Waals surface area contributed by atoms with Crippen molar-refractivity contribution in [2.75, 3.05) is 19.4 Å². The average molecular weight is 486 g/mol. The summed E-state index contributed by atoms with van der Waals surface area (Å²) >= 11 is 0. The van der Waals surface area contributed by atoms with Crippen LogP contribution in [-0.2, 0) is 6.54 Å². The van der Waals surface area contributed by atoms with E-state index in [4.69, 9.17) is 0 Å². The van der Waals surface area contributed by atoms with E-state index < -0.39 is 0 Å². The van der Waals surface area contributed by atoms with Crippen molar-refractivity contribution in [2.45, 2.75) is 39.3 Å². The molecule has 0 unspecified atom stereocenters. The van der Waals surface area contributed by atoms with Gasteiger partial charge < -0.3 is 15.5 Å². The quantitative estimate of drug-likeness (QED) is 0.326. The molecule has 0 saturated carbocycles. The van der Waals surface area contributed by atoms with Crippen LogP contribution in [0.25, 0.3) is 22.0 Å². The summed E-state index contributed by atoms with van der Waals surface area (Å²) in [6.07, 6.45) is 6.85. The van der Waals surface area contributed by atoms with Gasteiger partial charge in [0.05, 0.1) is 17.4 Å². The van der Waals surface area contributed by atoms with E-state index in [9.17, 15) is 9.59 Å². The number of fused-ring (bicyclic) bond motifs is 1. The van der Waals surface area contributed by atoms with Crippen LogP contribution in [0.5, 0.6) is 0 Å². The average Bonchev–Trinajstić information content (AvgIpc) is 3.31. The third-order valence-corrected chi connectivity index (χ3v) is 5.98. The van der Waals surface area contributed by atoms with Crippen LogP contribution in [0.4, 0.5) is 5.69 Å². The number of carbonyl (C=O) groups excluding carboxylic acids is 2. The second-order valence-corrected chi connectivity index (χ2v) is 9.03. The van der Waals surface area contributed by atoms with Gasteiger partial charge in [0.2, 0.25) is 0 Å². The lowest BCUT2D eigenvalue weighted by Crippen LogP contribution is -2.34. The van der Waals surface area contributed by atoms with E-state index in [0.717, 1.165) is 41.6 Å². The molecule has 4 rings (SSSR count). The molecular formula is C27H31N7O2. The third kappa shape index (κ3) is 5.75. The number of nitrogens with one attached hydrogen (secondary N) is 3. The summed E-state index contributed by atoms with van der Waals surface area (Å²) in [6.45, 7) is 4.84. The highest BCUT2D eigenvalue weighted by molar-refractivity contribution is 6.11. The van der Waals surface area contributed by atoms with Crippen molar-refractivity contribution in [3.05, 3.63) is 71.9 Å². The standard InChI is InChI=1S/C27H31N7O2/c1-5-20(6-2)30-26(35)24-10-8-21(15-29-24)31-27(36)25-22-12-18(7-9-23(22)32-33-25)19-11-17(13-28-14-19)16-34(3)4/h7-15,20H,5-6,16H2,1-4H3,(H,30,35)(H,31,36)(H,32,33). The van der Waals surface area contributed by atoms with Gasteiger partial charge in [-0.2, -0.15) is 5.10 Å². The number of amides is 2. The minimum absolute atomic E-state index is 0.114. The Bertz CT molecular complexity index is 1360. The highest BCUT2D eigenvalue weighted by Gasteiger charge is 2.17. The largest absolute Gasteiger partial charge is 0.348 e. The van der Waals surface area contributed by atoms with Crippen molar-refractivity contribution in [1.82, 2.24) is 30.4 Å². The van der Waals surface area contributed by atoms with Gasteiger partial charge in [-0.25, -0.2) is 4.98 Å². The van der Waals surface area contributed by atoms with Crippen molar-refractivity contribution in [2.24, 2.45) is 0 Å². The van der Waals surface area contributed by atoms with Crippen molar-refractivity contribution >= 4 is 28.4 Å². The van der Waals surface area contributed by atoms with Crippen molar-refractivity contribution in [3.8, 4) is 11.1 Å². The number of aromatic amines is 1. The molecule has 2 amide bonds. The summed E-state index contributed by atoms with van der Waals surface area (Å²) in [6, 6.07) is 11.3. The van der Waals surface area contributed by atoms with Gasteiger partial charge in [0.1, 0.15) is 5.69 Å². The molecule has 3 N–H and O–H groups in total. The zero-order valence-electron chi connectivity index (χ0n) is 21.0. The molecule has 1 aromatic carbocycles. The van der Waals surface area contributed by atoms with Gasteiger partial charge >= 0.3 is 0 Å². The monoisotopic (exact) mass is 485 g/mol. The van der Waals surface area contributed by atoms with E-state index in [2.05, 4.69) is 41.8 Å². The second kappa shape index (κ2) is 11.1. The lowest BCUT2D eigenvalue weighted by atomic mass is 10.0. The molecule has 0 radical (unpaired) electrons. The first-order valence-electron chi connectivity index (χ1n) is 12.0. The number of anilines is 1. The molecule has 0 bridgehead atoms. The van der Waals surface area contributed by atoms with E-state index in [0.29, 0.717) is 16.8 Å². The SMILES string of the molecule is CCC(CC)NC(=O)c1ccc(NC(=O)c2n[nH]c3ccc(-c4cncc(CN(C)C)c4)cc23)cn1. The van der Waals surface area contributed by atoms with Crippen LogP contribution in [0.2, 0.25) is 0 Å². The summed E-state index contributed by atoms with van der Waals surface area (Å²) in [5.74, 6) is -0.592. The highest BCUT2D eigenvalue weighted by atomic mass is 16.2. The van der Waals surface area contributed by atoms with Crippen LogP contribution in [-0.4, -0.2) is 57.0 Å². The number of H-pyrrole nitrogens is 1. The van der Waals surface area contributed by atoms with E-state index in [1.165, 1.54) is 6.20 Å². The maximum absolute atomic E-state index is 13.0. The summed E-state index contributed by atoms with van der Waals surface area (Å²) in [5.41, 5.74) is 4.84. The topological polar surface area (TPSA) is 116 Å². The molecule has 4 aromatic rings. The van der Waals surface area contributed by atoms with E-state index in [1.54, 1.807) is 12.1 Å². The molecule has 3 aromatic heterocycles. The minimum atomic E-state index is -0.367. The number of carbonyl (C=O) groups is 2.